The van der Waals surface area contributed by atoms with E-state index in [0.717, 1.165) is 11.6 Å². The van der Waals surface area contributed by atoms with Crippen LogP contribution in [0.5, 0.6) is 0 Å². The summed E-state index contributed by atoms with van der Waals surface area (Å²) in [6, 6.07) is 13.6. The van der Waals surface area contributed by atoms with Gasteiger partial charge in [-0.2, -0.15) is 0 Å². The Balaban J connectivity index is 1.48. The van der Waals surface area contributed by atoms with E-state index in [1.165, 1.54) is 24.3 Å². The molecular formula is C25H24FN5O4S. The predicted octanol–water partition coefficient (Wildman–Crippen LogP) is 3.09. The molecule has 186 valence electrons. The van der Waals surface area contributed by atoms with Crippen LogP contribution in [0.1, 0.15) is 31.8 Å². The number of nitrogens with zero attached hydrogens (tertiary/aromatic N) is 2. The van der Waals surface area contributed by atoms with Crippen LogP contribution in [0.15, 0.2) is 60.8 Å². The van der Waals surface area contributed by atoms with E-state index < -0.39 is 27.5 Å². The number of aromatic nitrogens is 1. The first kappa shape index (κ1) is 25.0. The third kappa shape index (κ3) is 5.74. The standard InChI is InChI=1S/C25H24FN5O4S/c1-16-6-9-22(28-15-16)30-25(33)19-4-2-3-5-21(19)29-24(32)18-8-7-17(14-20(18)26)23(27)31-10-12-36(34,35)13-11-31/h2-9,14-15,27H,10-13H2,1H3,(H,29,32)(H,28,30,33). The molecule has 0 bridgehead atoms. The number of carbonyl (C=O) groups is 2. The third-order valence-electron chi connectivity index (χ3n) is 5.72. The molecule has 11 heteroatoms. The molecule has 0 saturated carbocycles. The van der Waals surface area contributed by atoms with E-state index in [-0.39, 0.29) is 52.8 Å². The highest BCUT2D eigenvalue weighted by Crippen LogP contribution is 2.20. The van der Waals surface area contributed by atoms with Crippen molar-refractivity contribution in [2.24, 2.45) is 0 Å². The molecule has 0 atom stereocenters. The number of para-hydroxylation sites is 1. The topological polar surface area (TPSA) is 132 Å². The van der Waals surface area contributed by atoms with Crippen molar-refractivity contribution in [3.05, 3.63) is 88.9 Å². The fourth-order valence-electron chi connectivity index (χ4n) is 3.67. The Morgan fingerprint density at radius 2 is 1.67 bits per heavy atom. The molecule has 2 amide bonds. The second-order valence-corrected chi connectivity index (χ2v) is 10.7. The van der Waals surface area contributed by atoms with Crippen LogP contribution in [-0.4, -0.2) is 60.5 Å². The number of amides is 2. The minimum absolute atomic E-state index is 0.0116. The lowest BCUT2D eigenvalue weighted by Gasteiger charge is -2.29. The fraction of sp³-hybridized carbons (Fsp3) is 0.200. The lowest BCUT2D eigenvalue weighted by molar-refractivity contribution is 0.102. The Kier molecular flexibility index (Phi) is 7.11. The zero-order valence-electron chi connectivity index (χ0n) is 19.4. The monoisotopic (exact) mass is 509 g/mol. The van der Waals surface area contributed by atoms with E-state index in [0.29, 0.717) is 5.82 Å². The molecule has 0 radical (unpaired) electrons. The van der Waals surface area contributed by atoms with E-state index in [1.807, 2.05) is 6.92 Å². The molecule has 36 heavy (non-hydrogen) atoms. The Morgan fingerprint density at radius 1 is 0.972 bits per heavy atom. The van der Waals surface area contributed by atoms with Crippen molar-refractivity contribution < 1.29 is 22.4 Å². The molecule has 2 aromatic carbocycles. The summed E-state index contributed by atoms with van der Waals surface area (Å²) in [5, 5.41) is 13.5. The lowest BCUT2D eigenvalue weighted by atomic mass is 10.1. The first-order chi connectivity index (χ1) is 17.1. The number of aryl methyl sites for hydroxylation is 1. The van der Waals surface area contributed by atoms with Gasteiger partial charge in [-0.05, 0) is 42.8 Å². The molecule has 2 heterocycles. The molecule has 4 rings (SSSR count). The van der Waals surface area contributed by atoms with Gasteiger partial charge in [0.15, 0.2) is 9.84 Å². The molecule has 1 fully saturated rings. The number of anilines is 2. The number of pyridine rings is 1. The second-order valence-electron chi connectivity index (χ2n) is 8.36. The van der Waals surface area contributed by atoms with Crippen molar-refractivity contribution in [3.63, 3.8) is 0 Å². The van der Waals surface area contributed by atoms with Crippen molar-refractivity contribution in [1.29, 1.82) is 5.41 Å². The number of hydrogen-bond donors (Lipinski definition) is 3. The number of halogens is 1. The molecule has 3 N–H and O–H groups in total. The fourth-order valence-corrected chi connectivity index (χ4v) is 4.87. The average Bonchev–Trinajstić information content (AvgIpc) is 2.85. The summed E-state index contributed by atoms with van der Waals surface area (Å²) >= 11 is 0. The molecular weight excluding hydrogens is 485 g/mol. The van der Waals surface area contributed by atoms with Gasteiger partial charge in [-0.1, -0.05) is 24.3 Å². The van der Waals surface area contributed by atoms with Crippen molar-refractivity contribution >= 4 is 39.0 Å². The first-order valence-corrected chi connectivity index (χ1v) is 12.9. The lowest BCUT2D eigenvalue weighted by Crippen LogP contribution is -2.43. The van der Waals surface area contributed by atoms with Gasteiger partial charge in [0.1, 0.15) is 17.5 Å². The number of nitrogens with one attached hydrogen (secondary N) is 3. The molecule has 1 aromatic heterocycles. The number of rotatable bonds is 5. The average molecular weight is 510 g/mol. The van der Waals surface area contributed by atoms with Crippen LogP contribution in [0, 0.1) is 18.2 Å². The highest BCUT2D eigenvalue weighted by atomic mass is 32.2. The third-order valence-corrected chi connectivity index (χ3v) is 7.33. The number of carbonyl (C=O) groups excluding carboxylic acids is 2. The molecule has 9 nitrogen and oxygen atoms in total. The predicted molar refractivity (Wildman–Crippen MR) is 135 cm³/mol. The van der Waals surface area contributed by atoms with Gasteiger partial charge in [0.25, 0.3) is 11.8 Å². The summed E-state index contributed by atoms with van der Waals surface area (Å²) in [6.07, 6.45) is 1.61. The maximum atomic E-state index is 14.9. The summed E-state index contributed by atoms with van der Waals surface area (Å²) in [5.74, 6) is -1.88. The van der Waals surface area contributed by atoms with Crippen molar-refractivity contribution in [2.45, 2.75) is 6.92 Å². The van der Waals surface area contributed by atoms with Gasteiger partial charge in [-0.25, -0.2) is 17.8 Å². The SMILES string of the molecule is Cc1ccc(NC(=O)c2ccccc2NC(=O)c2ccc(C(=N)N3CCS(=O)(=O)CC3)cc2F)nc1. The summed E-state index contributed by atoms with van der Waals surface area (Å²) in [6.45, 7) is 2.18. The van der Waals surface area contributed by atoms with Gasteiger partial charge in [0.05, 0.1) is 28.3 Å². The normalized spacial score (nSPS) is 14.7. The Labute approximate surface area is 207 Å². The Morgan fingerprint density at radius 3 is 2.33 bits per heavy atom. The highest BCUT2D eigenvalue weighted by Gasteiger charge is 2.25. The smallest absolute Gasteiger partial charge is 0.258 e. The number of benzene rings is 2. The highest BCUT2D eigenvalue weighted by molar-refractivity contribution is 7.91. The second kappa shape index (κ2) is 10.2. The largest absolute Gasteiger partial charge is 0.355 e. The van der Waals surface area contributed by atoms with Crippen LogP contribution < -0.4 is 10.6 Å². The zero-order chi connectivity index (χ0) is 25.9. The van der Waals surface area contributed by atoms with E-state index in [1.54, 1.807) is 35.4 Å². The zero-order valence-corrected chi connectivity index (χ0v) is 20.2. The quantitative estimate of drug-likeness (QED) is 0.358. The number of sulfone groups is 1. The van der Waals surface area contributed by atoms with Crippen LogP contribution in [0.25, 0.3) is 0 Å². The van der Waals surface area contributed by atoms with E-state index >= 15 is 0 Å². The van der Waals surface area contributed by atoms with E-state index in [9.17, 15) is 22.4 Å². The maximum absolute atomic E-state index is 14.9. The van der Waals surface area contributed by atoms with Crippen molar-refractivity contribution in [1.82, 2.24) is 9.88 Å². The molecule has 0 unspecified atom stereocenters. The van der Waals surface area contributed by atoms with Crippen LogP contribution in [0.3, 0.4) is 0 Å². The van der Waals surface area contributed by atoms with Gasteiger partial charge < -0.3 is 15.5 Å². The van der Waals surface area contributed by atoms with Gasteiger partial charge in [0.2, 0.25) is 0 Å². The maximum Gasteiger partial charge on any atom is 0.258 e. The van der Waals surface area contributed by atoms with Crippen LogP contribution in [0.2, 0.25) is 0 Å². The minimum atomic E-state index is -3.11. The number of hydrogen-bond acceptors (Lipinski definition) is 6. The molecule has 0 aliphatic carbocycles. The molecule has 1 saturated heterocycles. The Bertz CT molecular complexity index is 1430. The van der Waals surface area contributed by atoms with E-state index in [2.05, 4.69) is 15.6 Å². The van der Waals surface area contributed by atoms with Crippen LogP contribution in [-0.2, 0) is 9.84 Å². The Hall–Kier alpha value is -4.12. The first-order valence-electron chi connectivity index (χ1n) is 11.1. The van der Waals surface area contributed by atoms with Crippen LogP contribution >= 0.6 is 0 Å². The van der Waals surface area contributed by atoms with Gasteiger partial charge in [-0.3, -0.25) is 15.0 Å². The van der Waals surface area contributed by atoms with Crippen molar-refractivity contribution in [3.8, 4) is 0 Å². The summed E-state index contributed by atoms with van der Waals surface area (Å²) in [4.78, 5) is 31.3. The molecule has 3 aromatic rings. The number of amidine groups is 1. The summed E-state index contributed by atoms with van der Waals surface area (Å²) < 4.78 is 38.1. The molecule has 0 spiro atoms. The van der Waals surface area contributed by atoms with Crippen molar-refractivity contribution in [2.75, 3.05) is 35.2 Å². The molecule has 1 aliphatic heterocycles. The van der Waals surface area contributed by atoms with Gasteiger partial charge >= 0.3 is 0 Å². The summed E-state index contributed by atoms with van der Waals surface area (Å²) in [7, 11) is -3.11. The van der Waals surface area contributed by atoms with Crippen LogP contribution in [0.4, 0.5) is 15.9 Å². The minimum Gasteiger partial charge on any atom is -0.355 e. The molecule has 1 aliphatic rings. The summed E-state index contributed by atoms with van der Waals surface area (Å²) in [5.41, 5.74) is 1.27. The van der Waals surface area contributed by atoms with Gasteiger partial charge in [-0.15, -0.1) is 0 Å². The van der Waals surface area contributed by atoms with E-state index in [4.69, 9.17) is 5.41 Å². The van der Waals surface area contributed by atoms with Gasteiger partial charge in [0, 0.05) is 24.8 Å².